The predicted octanol–water partition coefficient (Wildman–Crippen LogP) is 3.52. The number of nitrogens with one attached hydrogen (secondary N) is 1. The van der Waals surface area contributed by atoms with Gasteiger partial charge < -0.3 is 14.8 Å². The van der Waals surface area contributed by atoms with Crippen LogP contribution in [0.25, 0.3) is 0 Å². The van der Waals surface area contributed by atoms with E-state index in [0.717, 1.165) is 12.8 Å². The first-order valence-electron chi connectivity index (χ1n) is 9.77. The third-order valence-corrected chi connectivity index (χ3v) is 6.49. The molecule has 0 unspecified atom stereocenters. The standard InChI is InChI=1S/C21H26N2O5S/c1-3-27-19-11-10-17(15-20(19)28-4-2)22-21(24)16-8-7-9-18(14-16)29(25,26)23-12-5-6-13-23/h7-11,14-15H,3-6,12-13H2,1-2H3,(H,22,24). The van der Waals surface area contributed by atoms with E-state index in [1.165, 1.54) is 16.4 Å². The summed E-state index contributed by atoms with van der Waals surface area (Å²) in [7, 11) is -3.58. The van der Waals surface area contributed by atoms with Crippen molar-refractivity contribution in [2.75, 3.05) is 31.6 Å². The molecule has 29 heavy (non-hydrogen) atoms. The minimum absolute atomic E-state index is 0.133. The molecule has 1 saturated heterocycles. The van der Waals surface area contributed by atoms with Gasteiger partial charge in [0.05, 0.1) is 18.1 Å². The molecule has 1 aliphatic heterocycles. The number of sulfonamides is 1. The monoisotopic (exact) mass is 418 g/mol. The molecule has 156 valence electrons. The Hall–Kier alpha value is -2.58. The second-order valence-electron chi connectivity index (χ2n) is 6.62. The zero-order chi connectivity index (χ0) is 20.9. The molecule has 2 aromatic carbocycles. The molecule has 8 heteroatoms. The number of rotatable bonds is 8. The van der Waals surface area contributed by atoms with Gasteiger partial charge in [-0.25, -0.2) is 8.42 Å². The number of nitrogens with zero attached hydrogens (tertiary/aromatic N) is 1. The molecule has 1 fully saturated rings. The van der Waals surface area contributed by atoms with Gasteiger partial charge >= 0.3 is 0 Å². The van der Waals surface area contributed by atoms with E-state index in [4.69, 9.17) is 9.47 Å². The molecule has 0 bridgehead atoms. The number of ether oxygens (including phenoxy) is 2. The molecule has 1 N–H and O–H groups in total. The predicted molar refractivity (Wildman–Crippen MR) is 111 cm³/mol. The molecule has 7 nitrogen and oxygen atoms in total. The van der Waals surface area contributed by atoms with Crippen LogP contribution in [0.2, 0.25) is 0 Å². The zero-order valence-corrected chi connectivity index (χ0v) is 17.5. The molecular weight excluding hydrogens is 392 g/mol. The van der Waals surface area contributed by atoms with Crippen molar-refractivity contribution >= 4 is 21.6 Å². The minimum Gasteiger partial charge on any atom is -0.490 e. The molecule has 0 atom stereocenters. The van der Waals surface area contributed by atoms with Crippen molar-refractivity contribution in [1.82, 2.24) is 4.31 Å². The van der Waals surface area contributed by atoms with E-state index in [-0.39, 0.29) is 10.5 Å². The van der Waals surface area contributed by atoms with E-state index in [9.17, 15) is 13.2 Å². The van der Waals surface area contributed by atoms with Gasteiger partial charge in [-0.15, -0.1) is 0 Å². The maximum absolute atomic E-state index is 12.7. The van der Waals surface area contributed by atoms with Gasteiger partial charge in [0, 0.05) is 30.4 Å². The molecule has 2 aromatic rings. The van der Waals surface area contributed by atoms with Gasteiger partial charge in [0.15, 0.2) is 11.5 Å². The Morgan fingerprint density at radius 2 is 1.69 bits per heavy atom. The van der Waals surface area contributed by atoms with E-state index in [0.29, 0.717) is 43.5 Å². The van der Waals surface area contributed by atoms with Gasteiger partial charge in [-0.05, 0) is 57.0 Å². The third-order valence-electron chi connectivity index (χ3n) is 4.60. The van der Waals surface area contributed by atoms with Gasteiger partial charge in [0.2, 0.25) is 10.0 Å². The van der Waals surface area contributed by atoms with Crippen LogP contribution in [0.3, 0.4) is 0 Å². The first-order chi connectivity index (χ1) is 14.0. The first kappa shape index (κ1) is 21.1. The topological polar surface area (TPSA) is 84.9 Å². The highest BCUT2D eigenvalue weighted by atomic mass is 32.2. The second kappa shape index (κ2) is 9.28. The number of hydrogen-bond donors (Lipinski definition) is 1. The molecule has 1 aliphatic rings. The molecule has 1 amide bonds. The van der Waals surface area contributed by atoms with Gasteiger partial charge in [0.1, 0.15) is 0 Å². The van der Waals surface area contributed by atoms with Gasteiger partial charge in [-0.2, -0.15) is 4.31 Å². The quantitative estimate of drug-likeness (QED) is 0.709. The van der Waals surface area contributed by atoms with Crippen molar-refractivity contribution in [3.63, 3.8) is 0 Å². The smallest absolute Gasteiger partial charge is 0.255 e. The fraction of sp³-hybridized carbons (Fsp3) is 0.381. The van der Waals surface area contributed by atoms with Crippen LogP contribution in [0.15, 0.2) is 47.4 Å². The number of amides is 1. The van der Waals surface area contributed by atoms with Crippen molar-refractivity contribution in [2.45, 2.75) is 31.6 Å². The molecule has 3 rings (SSSR count). The van der Waals surface area contributed by atoms with Crippen molar-refractivity contribution < 1.29 is 22.7 Å². The average molecular weight is 419 g/mol. The Balaban J connectivity index is 1.80. The molecule has 0 saturated carbocycles. The number of hydrogen-bond acceptors (Lipinski definition) is 5. The maximum atomic E-state index is 12.7. The van der Waals surface area contributed by atoms with E-state index in [1.54, 1.807) is 30.3 Å². The Morgan fingerprint density at radius 3 is 2.38 bits per heavy atom. The van der Waals surface area contributed by atoms with Crippen LogP contribution < -0.4 is 14.8 Å². The first-order valence-corrected chi connectivity index (χ1v) is 11.2. The third kappa shape index (κ3) is 4.89. The summed E-state index contributed by atoms with van der Waals surface area (Å²) in [6, 6.07) is 11.3. The average Bonchev–Trinajstić information content (AvgIpc) is 3.26. The van der Waals surface area contributed by atoms with E-state index in [2.05, 4.69) is 5.32 Å². The number of carbonyl (C=O) groups excluding carboxylic acids is 1. The lowest BCUT2D eigenvalue weighted by Gasteiger charge is -2.16. The minimum atomic E-state index is -3.58. The SMILES string of the molecule is CCOc1ccc(NC(=O)c2cccc(S(=O)(=O)N3CCCC3)c2)cc1OCC. The van der Waals surface area contributed by atoms with Crippen LogP contribution in [-0.2, 0) is 10.0 Å². The summed E-state index contributed by atoms with van der Waals surface area (Å²) in [6.07, 6.45) is 1.72. The van der Waals surface area contributed by atoms with Crippen molar-refractivity contribution in [1.29, 1.82) is 0 Å². The molecule has 1 heterocycles. The molecule has 0 spiro atoms. The summed E-state index contributed by atoms with van der Waals surface area (Å²) in [5.41, 5.74) is 0.812. The molecule has 0 aromatic heterocycles. The van der Waals surface area contributed by atoms with E-state index >= 15 is 0 Å². The van der Waals surface area contributed by atoms with E-state index < -0.39 is 15.9 Å². The fourth-order valence-electron chi connectivity index (χ4n) is 3.21. The summed E-state index contributed by atoms with van der Waals surface area (Å²) in [4.78, 5) is 12.8. The van der Waals surface area contributed by atoms with Crippen LogP contribution >= 0.6 is 0 Å². The Labute approximate surface area is 171 Å². The van der Waals surface area contributed by atoms with Crippen LogP contribution in [0, 0.1) is 0 Å². The Kier molecular flexibility index (Phi) is 6.76. The number of anilines is 1. The Bertz CT molecular complexity index is 969. The number of carbonyl (C=O) groups is 1. The summed E-state index contributed by atoms with van der Waals surface area (Å²) in [6.45, 7) is 5.76. The van der Waals surface area contributed by atoms with Gasteiger partial charge in [0.25, 0.3) is 5.91 Å². The second-order valence-corrected chi connectivity index (χ2v) is 8.56. The highest BCUT2D eigenvalue weighted by molar-refractivity contribution is 7.89. The summed E-state index contributed by atoms with van der Waals surface area (Å²) in [5.74, 6) is 0.749. The summed E-state index contributed by atoms with van der Waals surface area (Å²) < 4.78 is 38.1. The molecular formula is C21H26N2O5S. The largest absolute Gasteiger partial charge is 0.490 e. The van der Waals surface area contributed by atoms with Crippen molar-refractivity contribution in [3.8, 4) is 11.5 Å². The van der Waals surface area contributed by atoms with E-state index in [1.807, 2.05) is 13.8 Å². The maximum Gasteiger partial charge on any atom is 0.255 e. The normalized spacial score (nSPS) is 14.6. The van der Waals surface area contributed by atoms with Gasteiger partial charge in [-0.1, -0.05) is 6.07 Å². The lowest BCUT2D eigenvalue weighted by molar-refractivity contribution is 0.102. The fourth-order valence-corrected chi connectivity index (χ4v) is 4.77. The van der Waals surface area contributed by atoms with Gasteiger partial charge in [-0.3, -0.25) is 4.79 Å². The molecule has 0 radical (unpaired) electrons. The Morgan fingerprint density at radius 1 is 1.00 bits per heavy atom. The lowest BCUT2D eigenvalue weighted by Crippen LogP contribution is -2.28. The number of benzene rings is 2. The van der Waals surface area contributed by atoms with Crippen molar-refractivity contribution in [2.24, 2.45) is 0 Å². The summed E-state index contributed by atoms with van der Waals surface area (Å²) >= 11 is 0. The highest BCUT2D eigenvalue weighted by Gasteiger charge is 2.27. The van der Waals surface area contributed by atoms with Crippen LogP contribution in [-0.4, -0.2) is 44.9 Å². The van der Waals surface area contributed by atoms with Crippen LogP contribution in [0.1, 0.15) is 37.0 Å². The van der Waals surface area contributed by atoms with Crippen molar-refractivity contribution in [3.05, 3.63) is 48.0 Å². The lowest BCUT2D eigenvalue weighted by atomic mass is 10.2. The van der Waals surface area contributed by atoms with Crippen LogP contribution in [0.5, 0.6) is 11.5 Å². The zero-order valence-electron chi connectivity index (χ0n) is 16.7. The summed E-state index contributed by atoms with van der Waals surface area (Å²) in [5, 5.41) is 2.79. The molecule has 0 aliphatic carbocycles. The highest BCUT2D eigenvalue weighted by Crippen LogP contribution is 2.31. The van der Waals surface area contributed by atoms with Crippen LogP contribution in [0.4, 0.5) is 5.69 Å².